The molecule has 1 heterocycles. The third kappa shape index (κ3) is 4.66. The summed E-state index contributed by atoms with van der Waals surface area (Å²) in [5, 5.41) is 7.12. The molecule has 0 aliphatic heterocycles. The van der Waals surface area contributed by atoms with E-state index in [4.69, 9.17) is 0 Å². The van der Waals surface area contributed by atoms with E-state index < -0.39 is 5.82 Å². The van der Waals surface area contributed by atoms with E-state index >= 15 is 0 Å². The highest BCUT2D eigenvalue weighted by atomic mass is 79.9. The number of carbonyl (C=O) groups excluding carboxylic acids is 1. The third-order valence-electron chi connectivity index (χ3n) is 4.80. The van der Waals surface area contributed by atoms with Crippen LogP contribution in [0.25, 0.3) is 11.1 Å². The van der Waals surface area contributed by atoms with Crippen molar-refractivity contribution in [1.29, 1.82) is 0 Å². The smallest absolute Gasteiger partial charge is 0.252 e. The van der Waals surface area contributed by atoms with Crippen molar-refractivity contribution < 1.29 is 9.18 Å². The van der Waals surface area contributed by atoms with Crippen molar-refractivity contribution in [1.82, 2.24) is 15.1 Å². The van der Waals surface area contributed by atoms with Gasteiger partial charge in [0.05, 0.1) is 12.1 Å². The number of aromatic nitrogens is 2. The van der Waals surface area contributed by atoms with Crippen LogP contribution in [0.2, 0.25) is 0 Å². The highest BCUT2D eigenvalue weighted by molar-refractivity contribution is 9.10. The molecular formula is C24H19BrFN3O. The molecule has 4 aromatic rings. The van der Waals surface area contributed by atoms with Crippen molar-refractivity contribution in [2.45, 2.75) is 13.1 Å². The number of hydrogen-bond donors (Lipinski definition) is 1. The molecule has 4 nitrogen and oxygen atoms in total. The minimum absolute atomic E-state index is 0.274. The molecule has 0 bridgehead atoms. The van der Waals surface area contributed by atoms with Crippen molar-refractivity contribution in [3.05, 3.63) is 112 Å². The molecule has 0 spiro atoms. The zero-order valence-corrected chi connectivity index (χ0v) is 17.6. The van der Waals surface area contributed by atoms with Gasteiger partial charge in [-0.15, -0.1) is 0 Å². The lowest BCUT2D eigenvalue weighted by Gasteiger charge is -2.12. The Morgan fingerprint density at radius 1 is 1.03 bits per heavy atom. The molecule has 3 aromatic carbocycles. The van der Waals surface area contributed by atoms with E-state index in [0.717, 1.165) is 22.3 Å². The van der Waals surface area contributed by atoms with Crippen LogP contribution in [0.3, 0.4) is 0 Å². The quantitative estimate of drug-likeness (QED) is 0.414. The fraction of sp³-hybridized carbons (Fsp3) is 0.0833. The largest absolute Gasteiger partial charge is 0.348 e. The second kappa shape index (κ2) is 9.05. The Labute approximate surface area is 182 Å². The molecule has 0 aliphatic carbocycles. The number of rotatable bonds is 6. The molecule has 1 N–H and O–H groups in total. The maximum absolute atomic E-state index is 13.5. The summed E-state index contributed by atoms with van der Waals surface area (Å²) in [5.74, 6) is -0.773. The lowest BCUT2D eigenvalue weighted by Crippen LogP contribution is -2.23. The van der Waals surface area contributed by atoms with Crippen LogP contribution in [0, 0.1) is 5.82 Å². The summed E-state index contributed by atoms with van der Waals surface area (Å²) in [6, 6.07) is 22.2. The number of nitrogens with one attached hydrogen (secondary N) is 1. The van der Waals surface area contributed by atoms with Gasteiger partial charge in [-0.1, -0.05) is 48.5 Å². The number of amides is 1. The van der Waals surface area contributed by atoms with Gasteiger partial charge in [0.25, 0.3) is 5.91 Å². The minimum Gasteiger partial charge on any atom is -0.348 e. The Balaban J connectivity index is 1.50. The molecule has 30 heavy (non-hydrogen) atoms. The van der Waals surface area contributed by atoms with E-state index in [-0.39, 0.29) is 11.5 Å². The van der Waals surface area contributed by atoms with Crippen LogP contribution >= 0.6 is 15.9 Å². The van der Waals surface area contributed by atoms with Gasteiger partial charge >= 0.3 is 0 Å². The van der Waals surface area contributed by atoms with E-state index in [1.165, 1.54) is 18.2 Å². The first kappa shape index (κ1) is 20.0. The van der Waals surface area contributed by atoms with E-state index in [1.54, 1.807) is 6.20 Å². The minimum atomic E-state index is -0.445. The van der Waals surface area contributed by atoms with Gasteiger partial charge in [0, 0.05) is 23.4 Å². The van der Waals surface area contributed by atoms with Crippen LogP contribution < -0.4 is 5.32 Å². The van der Waals surface area contributed by atoms with Crippen molar-refractivity contribution >= 4 is 21.8 Å². The lowest BCUT2D eigenvalue weighted by atomic mass is 9.98. The Morgan fingerprint density at radius 2 is 1.83 bits per heavy atom. The normalized spacial score (nSPS) is 10.7. The van der Waals surface area contributed by atoms with Crippen LogP contribution in [-0.2, 0) is 13.1 Å². The number of nitrogens with zero attached hydrogens (tertiary/aromatic N) is 2. The van der Waals surface area contributed by atoms with Crippen LogP contribution in [0.1, 0.15) is 21.5 Å². The van der Waals surface area contributed by atoms with Crippen LogP contribution in [0.15, 0.2) is 89.7 Å². The molecule has 1 aromatic heterocycles. The average Bonchev–Trinajstić information content (AvgIpc) is 3.27. The topological polar surface area (TPSA) is 46.9 Å². The number of hydrogen-bond acceptors (Lipinski definition) is 2. The summed E-state index contributed by atoms with van der Waals surface area (Å²) in [6.07, 6.45) is 3.70. The summed E-state index contributed by atoms with van der Waals surface area (Å²) in [4.78, 5) is 12.5. The SMILES string of the molecule is O=C(NCc1ccccc1-c1ccc(Cn2cccn2)cc1)c1cc(F)ccc1Br. The Kier molecular flexibility index (Phi) is 6.05. The Hall–Kier alpha value is -3.25. The van der Waals surface area contributed by atoms with Gasteiger partial charge in [-0.3, -0.25) is 9.48 Å². The van der Waals surface area contributed by atoms with E-state index in [0.29, 0.717) is 17.6 Å². The second-order valence-corrected chi connectivity index (χ2v) is 7.72. The highest BCUT2D eigenvalue weighted by Gasteiger charge is 2.12. The van der Waals surface area contributed by atoms with E-state index in [9.17, 15) is 9.18 Å². The fourth-order valence-corrected chi connectivity index (χ4v) is 3.70. The maximum atomic E-state index is 13.5. The van der Waals surface area contributed by atoms with Crippen molar-refractivity contribution in [2.24, 2.45) is 0 Å². The molecule has 0 unspecified atom stereocenters. The summed E-state index contributed by atoms with van der Waals surface area (Å²) >= 11 is 3.30. The monoisotopic (exact) mass is 463 g/mol. The molecule has 0 saturated heterocycles. The molecule has 1 amide bonds. The van der Waals surface area contributed by atoms with Crippen LogP contribution in [0.5, 0.6) is 0 Å². The summed E-state index contributed by atoms with van der Waals surface area (Å²) in [5.41, 5.74) is 4.52. The van der Waals surface area contributed by atoms with Gasteiger partial charge in [0.1, 0.15) is 5.82 Å². The summed E-state index contributed by atoms with van der Waals surface area (Å²) in [6.45, 7) is 1.06. The standard InChI is InChI=1S/C24H19BrFN3O/c25-23-11-10-20(26)14-22(23)24(30)27-15-19-4-1-2-5-21(19)18-8-6-17(7-9-18)16-29-13-3-12-28-29/h1-14H,15-16H2,(H,27,30). The highest BCUT2D eigenvalue weighted by Crippen LogP contribution is 2.25. The molecule has 0 radical (unpaired) electrons. The zero-order chi connectivity index (χ0) is 20.9. The molecule has 4 rings (SSSR count). The van der Waals surface area contributed by atoms with Crippen LogP contribution in [0.4, 0.5) is 4.39 Å². The van der Waals surface area contributed by atoms with Gasteiger partial charge < -0.3 is 5.32 Å². The van der Waals surface area contributed by atoms with Crippen LogP contribution in [-0.4, -0.2) is 15.7 Å². The zero-order valence-electron chi connectivity index (χ0n) is 16.1. The van der Waals surface area contributed by atoms with Crippen molar-refractivity contribution in [3.63, 3.8) is 0 Å². The number of benzene rings is 3. The second-order valence-electron chi connectivity index (χ2n) is 6.86. The predicted molar refractivity (Wildman–Crippen MR) is 118 cm³/mol. The van der Waals surface area contributed by atoms with Gasteiger partial charge in [-0.25, -0.2) is 4.39 Å². The first-order valence-electron chi connectivity index (χ1n) is 9.48. The first-order valence-corrected chi connectivity index (χ1v) is 10.3. The molecule has 0 atom stereocenters. The molecular weight excluding hydrogens is 445 g/mol. The fourth-order valence-electron chi connectivity index (χ4n) is 3.27. The number of halogens is 2. The molecule has 0 aliphatic rings. The van der Waals surface area contributed by atoms with Crippen molar-refractivity contribution in [3.8, 4) is 11.1 Å². The van der Waals surface area contributed by atoms with Crippen molar-refractivity contribution in [2.75, 3.05) is 0 Å². The van der Waals surface area contributed by atoms with Gasteiger partial charge in [0.2, 0.25) is 0 Å². The molecule has 0 saturated carbocycles. The van der Waals surface area contributed by atoms with Gasteiger partial charge in [-0.2, -0.15) is 5.10 Å². The van der Waals surface area contributed by atoms with Gasteiger partial charge in [-0.05, 0) is 62.4 Å². The van der Waals surface area contributed by atoms with E-state index in [2.05, 4.69) is 50.6 Å². The Bertz CT molecular complexity index is 1160. The third-order valence-corrected chi connectivity index (χ3v) is 5.49. The summed E-state index contributed by atoms with van der Waals surface area (Å²) < 4.78 is 15.9. The summed E-state index contributed by atoms with van der Waals surface area (Å²) in [7, 11) is 0. The first-order chi connectivity index (χ1) is 14.6. The molecule has 150 valence electrons. The average molecular weight is 464 g/mol. The number of carbonyl (C=O) groups is 1. The molecule has 6 heteroatoms. The predicted octanol–water partition coefficient (Wildman–Crippen LogP) is 5.43. The molecule has 0 fully saturated rings. The Morgan fingerprint density at radius 3 is 2.60 bits per heavy atom. The van der Waals surface area contributed by atoms with E-state index in [1.807, 2.05) is 41.2 Å². The lowest BCUT2D eigenvalue weighted by molar-refractivity contribution is 0.0949. The van der Waals surface area contributed by atoms with Gasteiger partial charge in [0.15, 0.2) is 0 Å². The maximum Gasteiger partial charge on any atom is 0.252 e.